The smallest absolute Gasteiger partial charge is 0.146 e. The van der Waals surface area contributed by atoms with E-state index in [2.05, 4.69) is 34.6 Å². The molecule has 0 amide bonds. The first kappa shape index (κ1) is 15.9. The van der Waals surface area contributed by atoms with Crippen molar-refractivity contribution in [1.29, 1.82) is 0 Å². The van der Waals surface area contributed by atoms with Gasteiger partial charge in [0.2, 0.25) is 0 Å². The predicted octanol–water partition coefficient (Wildman–Crippen LogP) is 3.09. The Balaban J connectivity index is 1.84. The molecule has 2 rings (SSSR count). The van der Waals surface area contributed by atoms with Gasteiger partial charge in [-0.2, -0.15) is 0 Å². The van der Waals surface area contributed by atoms with Crippen LogP contribution >= 0.6 is 11.3 Å². The second-order valence-corrected chi connectivity index (χ2v) is 6.34. The standard InChI is InChI=1S/C17H22N2OS/c1-13-19-16(12-21-13)9-8-15-5-2-4-14(10-15)6-3-7-17(20)11-18/h2,4-5,10,12H,3,6-9,11,18H2,1H3. The maximum atomic E-state index is 11.2. The third-order valence-electron chi connectivity index (χ3n) is 3.48. The second-order valence-electron chi connectivity index (χ2n) is 5.27. The number of carbonyl (C=O) groups is 1. The largest absolute Gasteiger partial charge is 0.324 e. The normalized spacial score (nSPS) is 10.8. The highest BCUT2D eigenvalue weighted by Gasteiger charge is 2.02. The Morgan fingerprint density at radius 3 is 2.67 bits per heavy atom. The molecule has 0 spiro atoms. The number of benzene rings is 1. The molecule has 21 heavy (non-hydrogen) atoms. The molecular weight excluding hydrogens is 280 g/mol. The lowest BCUT2D eigenvalue weighted by molar-refractivity contribution is -0.117. The number of hydrogen-bond donors (Lipinski definition) is 1. The van der Waals surface area contributed by atoms with E-state index in [0.717, 1.165) is 30.7 Å². The van der Waals surface area contributed by atoms with Gasteiger partial charge in [-0.1, -0.05) is 24.3 Å². The zero-order valence-electron chi connectivity index (χ0n) is 12.5. The summed E-state index contributed by atoms with van der Waals surface area (Å²) in [5, 5.41) is 3.26. The van der Waals surface area contributed by atoms with Crippen molar-refractivity contribution < 1.29 is 4.79 Å². The van der Waals surface area contributed by atoms with Crippen LogP contribution in [0.4, 0.5) is 0 Å². The van der Waals surface area contributed by atoms with Crippen LogP contribution in [-0.4, -0.2) is 17.3 Å². The van der Waals surface area contributed by atoms with Crippen LogP contribution in [0.25, 0.3) is 0 Å². The van der Waals surface area contributed by atoms with Gasteiger partial charge in [0.15, 0.2) is 0 Å². The minimum Gasteiger partial charge on any atom is -0.324 e. The first-order chi connectivity index (χ1) is 10.2. The average Bonchev–Trinajstić information content (AvgIpc) is 2.91. The van der Waals surface area contributed by atoms with Crippen molar-refractivity contribution in [2.24, 2.45) is 5.73 Å². The lowest BCUT2D eigenvalue weighted by Gasteiger charge is -2.05. The fourth-order valence-electron chi connectivity index (χ4n) is 2.33. The van der Waals surface area contributed by atoms with Crippen LogP contribution in [0, 0.1) is 6.92 Å². The van der Waals surface area contributed by atoms with E-state index in [4.69, 9.17) is 5.73 Å². The highest BCUT2D eigenvalue weighted by molar-refractivity contribution is 7.09. The van der Waals surface area contributed by atoms with Crippen molar-refractivity contribution in [1.82, 2.24) is 4.98 Å². The molecule has 1 aromatic carbocycles. The Morgan fingerprint density at radius 1 is 1.24 bits per heavy atom. The third kappa shape index (κ3) is 5.40. The molecule has 2 N–H and O–H groups in total. The van der Waals surface area contributed by atoms with E-state index in [1.165, 1.54) is 16.8 Å². The molecule has 2 aromatic rings. The van der Waals surface area contributed by atoms with Crippen LogP contribution < -0.4 is 5.73 Å². The van der Waals surface area contributed by atoms with E-state index in [0.29, 0.717) is 6.42 Å². The van der Waals surface area contributed by atoms with Gasteiger partial charge in [0.1, 0.15) is 5.78 Å². The summed E-state index contributed by atoms with van der Waals surface area (Å²) >= 11 is 1.71. The number of aryl methyl sites for hydroxylation is 4. The molecule has 0 aliphatic heterocycles. The lowest BCUT2D eigenvalue weighted by atomic mass is 10.0. The Bertz CT molecular complexity index is 592. The van der Waals surface area contributed by atoms with Gasteiger partial charge < -0.3 is 5.73 Å². The number of carbonyl (C=O) groups excluding carboxylic acids is 1. The number of thiazole rings is 1. The van der Waals surface area contributed by atoms with Crippen LogP contribution in [0.2, 0.25) is 0 Å². The van der Waals surface area contributed by atoms with Crippen LogP contribution in [0.1, 0.15) is 34.7 Å². The van der Waals surface area contributed by atoms with Gasteiger partial charge >= 0.3 is 0 Å². The Kier molecular flexibility index (Phi) is 6.08. The summed E-state index contributed by atoms with van der Waals surface area (Å²) in [4.78, 5) is 15.7. The van der Waals surface area contributed by atoms with Crippen LogP contribution in [-0.2, 0) is 24.1 Å². The summed E-state index contributed by atoms with van der Waals surface area (Å²) in [6, 6.07) is 8.63. The molecule has 0 unspecified atom stereocenters. The molecule has 1 aromatic heterocycles. The van der Waals surface area contributed by atoms with Crippen molar-refractivity contribution >= 4 is 17.1 Å². The molecule has 1 heterocycles. The number of Topliss-reactive ketones (excluding diaryl/α,β-unsaturated/α-hetero) is 1. The van der Waals surface area contributed by atoms with Crippen molar-refractivity contribution in [3.8, 4) is 0 Å². The van der Waals surface area contributed by atoms with Crippen LogP contribution in [0.5, 0.6) is 0 Å². The molecule has 4 heteroatoms. The second kappa shape index (κ2) is 8.05. The molecule has 0 saturated carbocycles. The molecule has 112 valence electrons. The van der Waals surface area contributed by atoms with Crippen molar-refractivity contribution in [2.45, 2.75) is 39.0 Å². The SMILES string of the molecule is Cc1nc(CCc2cccc(CCCC(=O)CN)c2)cs1. The molecule has 0 bridgehead atoms. The quantitative estimate of drug-likeness (QED) is 0.815. The van der Waals surface area contributed by atoms with Gasteiger partial charge in [0.25, 0.3) is 0 Å². The van der Waals surface area contributed by atoms with Gasteiger partial charge in [-0.25, -0.2) is 4.98 Å². The molecule has 3 nitrogen and oxygen atoms in total. The molecule has 0 atom stereocenters. The van der Waals surface area contributed by atoms with Gasteiger partial charge in [-0.3, -0.25) is 4.79 Å². The summed E-state index contributed by atoms with van der Waals surface area (Å²) in [5.41, 5.74) is 9.13. The minimum atomic E-state index is 0.144. The van der Waals surface area contributed by atoms with E-state index >= 15 is 0 Å². The summed E-state index contributed by atoms with van der Waals surface area (Å²) < 4.78 is 0. The van der Waals surface area contributed by atoms with E-state index in [-0.39, 0.29) is 12.3 Å². The maximum absolute atomic E-state index is 11.2. The number of nitrogens with zero attached hydrogens (tertiary/aromatic N) is 1. The monoisotopic (exact) mass is 302 g/mol. The van der Waals surface area contributed by atoms with Crippen molar-refractivity contribution in [3.05, 3.63) is 51.5 Å². The summed E-state index contributed by atoms with van der Waals surface area (Å²) in [5.74, 6) is 0.144. The summed E-state index contributed by atoms with van der Waals surface area (Å²) in [7, 11) is 0. The first-order valence-corrected chi connectivity index (χ1v) is 8.26. The number of hydrogen-bond acceptors (Lipinski definition) is 4. The Morgan fingerprint density at radius 2 is 2.00 bits per heavy atom. The van der Waals surface area contributed by atoms with Crippen molar-refractivity contribution in [2.75, 3.05) is 6.54 Å². The van der Waals surface area contributed by atoms with Gasteiger partial charge in [0, 0.05) is 11.8 Å². The van der Waals surface area contributed by atoms with Crippen molar-refractivity contribution in [3.63, 3.8) is 0 Å². The number of rotatable bonds is 8. The van der Waals surface area contributed by atoms with Crippen LogP contribution in [0.3, 0.4) is 0 Å². The van der Waals surface area contributed by atoms with E-state index in [1.807, 2.05) is 6.92 Å². The molecule has 0 fully saturated rings. The molecular formula is C17H22N2OS. The number of ketones is 1. The number of nitrogens with two attached hydrogens (primary N) is 1. The van der Waals surface area contributed by atoms with E-state index < -0.39 is 0 Å². The molecule has 0 radical (unpaired) electrons. The topological polar surface area (TPSA) is 56.0 Å². The fraction of sp³-hybridized carbons (Fsp3) is 0.412. The molecule has 0 aliphatic rings. The predicted molar refractivity (Wildman–Crippen MR) is 87.7 cm³/mol. The fourth-order valence-corrected chi connectivity index (χ4v) is 2.97. The molecule has 0 aliphatic carbocycles. The summed E-state index contributed by atoms with van der Waals surface area (Å²) in [6.45, 7) is 2.20. The van der Waals surface area contributed by atoms with E-state index in [1.54, 1.807) is 11.3 Å². The maximum Gasteiger partial charge on any atom is 0.146 e. The average molecular weight is 302 g/mol. The molecule has 0 saturated heterocycles. The first-order valence-electron chi connectivity index (χ1n) is 7.38. The highest BCUT2D eigenvalue weighted by atomic mass is 32.1. The lowest BCUT2D eigenvalue weighted by Crippen LogP contribution is -2.13. The number of aromatic nitrogens is 1. The summed E-state index contributed by atoms with van der Waals surface area (Å²) in [6.07, 6.45) is 4.40. The highest BCUT2D eigenvalue weighted by Crippen LogP contribution is 2.13. The third-order valence-corrected chi connectivity index (χ3v) is 4.30. The zero-order chi connectivity index (χ0) is 15.1. The zero-order valence-corrected chi connectivity index (χ0v) is 13.3. The van der Waals surface area contributed by atoms with Gasteiger partial charge in [-0.05, 0) is 43.7 Å². The minimum absolute atomic E-state index is 0.144. The van der Waals surface area contributed by atoms with E-state index in [9.17, 15) is 4.79 Å². The Labute approximate surface area is 130 Å². The van der Waals surface area contributed by atoms with Gasteiger partial charge in [0.05, 0.1) is 17.2 Å². The van der Waals surface area contributed by atoms with Gasteiger partial charge in [-0.15, -0.1) is 11.3 Å². The van der Waals surface area contributed by atoms with Crippen LogP contribution in [0.15, 0.2) is 29.6 Å². The Hall–Kier alpha value is -1.52.